The van der Waals surface area contributed by atoms with Gasteiger partial charge in [-0.05, 0) is 18.8 Å². The third-order valence-corrected chi connectivity index (χ3v) is 2.87. The van der Waals surface area contributed by atoms with Crippen molar-refractivity contribution in [2.24, 2.45) is 5.92 Å². The molecule has 1 heterocycles. The molecule has 0 aliphatic carbocycles. The van der Waals surface area contributed by atoms with E-state index in [-0.39, 0.29) is 18.6 Å². The fourth-order valence-electron chi connectivity index (χ4n) is 1.84. The van der Waals surface area contributed by atoms with Gasteiger partial charge >= 0.3 is 6.03 Å². The van der Waals surface area contributed by atoms with E-state index in [1.807, 2.05) is 4.90 Å². The van der Waals surface area contributed by atoms with Gasteiger partial charge < -0.3 is 10.4 Å². The van der Waals surface area contributed by atoms with Crippen molar-refractivity contribution in [1.82, 2.24) is 15.5 Å². The van der Waals surface area contributed by atoms with Gasteiger partial charge in [-0.25, -0.2) is 4.79 Å². The van der Waals surface area contributed by atoms with Crippen LogP contribution in [0.4, 0.5) is 4.79 Å². The first-order valence-corrected chi connectivity index (χ1v) is 6.45. The van der Waals surface area contributed by atoms with Crippen LogP contribution in [0.15, 0.2) is 0 Å². The quantitative estimate of drug-likeness (QED) is 0.643. The molecule has 0 aromatic heterocycles. The molecule has 18 heavy (non-hydrogen) atoms. The molecule has 1 aliphatic rings. The number of likely N-dealkylation sites (tertiary alicyclic amines) is 1. The van der Waals surface area contributed by atoms with E-state index in [1.54, 1.807) is 0 Å². The number of imide groups is 1. The average Bonchev–Trinajstić information content (AvgIpc) is 2.62. The van der Waals surface area contributed by atoms with E-state index < -0.39 is 6.03 Å². The van der Waals surface area contributed by atoms with Gasteiger partial charge in [0.05, 0.1) is 12.6 Å². The van der Waals surface area contributed by atoms with Crippen LogP contribution in [0.5, 0.6) is 0 Å². The summed E-state index contributed by atoms with van der Waals surface area (Å²) in [5, 5.41) is 14.2. The molecule has 1 fully saturated rings. The van der Waals surface area contributed by atoms with E-state index in [0.29, 0.717) is 32.0 Å². The number of carbonyl (C=O) groups is 2. The van der Waals surface area contributed by atoms with E-state index in [0.717, 1.165) is 6.42 Å². The van der Waals surface area contributed by atoms with Gasteiger partial charge in [-0.15, -0.1) is 0 Å². The summed E-state index contributed by atoms with van der Waals surface area (Å²) in [6.07, 6.45) is 1.23. The Morgan fingerprint density at radius 2 is 2.17 bits per heavy atom. The van der Waals surface area contributed by atoms with Crippen molar-refractivity contribution in [3.05, 3.63) is 0 Å². The number of nitrogens with one attached hydrogen (secondary N) is 2. The van der Waals surface area contributed by atoms with Crippen molar-refractivity contribution < 1.29 is 14.7 Å². The molecule has 0 aromatic rings. The maximum atomic E-state index is 11.5. The second-order valence-electron chi connectivity index (χ2n) is 5.16. The minimum Gasteiger partial charge on any atom is -0.392 e. The third-order valence-electron chi connectivity index (χ3n) is 2.87. The molecule has 6 nitrogen and oxygen atoms in total. The Hall–Kier alpha value is -1.14. The monoisotopic (exact) mass is 257 g/mol. The standard InChI is InChI=1S/C12H23N3O3/c1-9(2)3-5-13-12(18)14-11(17)8-15-6-4-10(16)7-15/h9-10,16H,3-8H2,1-2H3,(H2,13,14,17,18)/t10-/m1/s1. The fourth-order valence-corrected chi connectivity index (χ4v) is 1.84. The number of nitrogens with zero attached hydrogens (tertiary/aromatic N) is 1. The molecule has 3 N–H and O–H groups in total. The summed E-state index contributed by atoms with van der Waals surface area (Å²) in [6.45, 7) is 6.08. The van der Waals surface area contributed by atoms with Crippen LogP contribution < -0.4 is 10.6 Å². The molecule has 104 valence electrons. The predicted molar refractivity (Wildman–Crippen MR) is 68.1 cm³/mol. The van der Waals surface area contributed by atoms with Crippen LogP contribution in [-0.4, -0.2) is 54.2 Å². The zero-order chi connectivity index (χ0) is 13.5. The van der Waals surface area contributed by atoms with Gasteiger partial charge in [0.1, 0.15) is 0 Å². The Morgan fingerprint density at radius 1 is 1.44 bits per heavy atom. The predicted octanol–water partition coefficient (Wildman–Crippen LogP) is -0.0751. The Bertz CT molecular complexity index is 294. The molecule has 0 saturated carbocycles. The molecule has 6 heteroatoms. The van der Waals surface area contributed by atoms with Crippen LogP contribution in [0.1, 0.15) is 26.7 Å². The summed E-state index contributed by atoms with van der Waals surface area (Å²) < 4.78 is 0. The van der Waals surface area contributed by atoms with Crippen LogP contribution in [0.25, 0.3) is 0 Å². The maximum absolute atomic E-state index is 11.5. The zero-order valence-electron chi connectivity index (χ0n) is 11.1. The molecule has 0 unspecified atom stereocenters. The van der Waals surface area contributed by atoms with E-state index in [4.69, 9.17) is 0 Å². The summed E-state index contributed by atoms with van der Waals surface area (Å²) in [6, 6.07) is -0.444. The lowest BCUT2D eigenvalue weighted by Crippen LogP contribution is -2.44. The summed E-state index contributed by atoms with van der Waals surface area (Å²) in [5.74, 6) is 0.193. The molecule has 1 aliphatic heterocycles. The first-order chi connectivity index (χ1) is 8.47. The molecule has 0 aromatic carbocycles. The maximum Gasteiger partial charge on any atom is 0.321 e. The second-order valence-corrected chi connectivity index (χ2v) is 5.16. The van der Waals surface area contributed by atoms with Gasteiger partial charge in [-0.3, -0.25) is 15.0 Å². The summed E-state index contributed by atoms with van der Waals surface area (Å²) in [5.41, 5.74) is 0. The SMILES string of the molecule is CC(C)CCNC(=O)NC(=O)CN1CC[C@@H](O)C1. The third kappa shape index (κ3) is 5.97. The molecule has 0 radical (unpaired) electrons. The first kappa shape index (κ1) is 14.9. The van der Waals surface area contributed by atoms with Crippen LogP contribution in [0, 0.1) is 5.92 Å². The van der Waals surface area contributed by atoms with Crippen LogP contribution in [0.3, 0.4) is 0 Å². The van der Waals surface area contributed by atoms with Crippen LogP contribution in [-0.2, 0) is 4.79 Å². The van der Waals surface area contributed by atoms with Crippen molar-refractivity contribution in [2.45, 2.75) is 32.8 Å². The molecule has 0 bridgehead atoms. The number of urea groups is 1. The average molecular weight is 257 g/mol. The normalized spacial score (nSPS) is 20.1. The number of aliphatic hydroxyl groups excluding tert-OH is 1. The molecule has 1 rings (SSSR count). The number of hydrogen-bond acceptors (Lipinski definition) is 4. The highest BCUT2D eigenvalue weighted by molar-refractivity contribution is 5.95. The summed E-state index contributed by atoms with van der Waals surface area (Å²) in [4.78, 5) is 24.7. The van der Waals surface area contributed by atoms with E-state index in [2.05, 4.69) is 24.5 Å². The Labute approximate surface area is 108 Å². The molecule has 3 amide bonds. The number of hydrogen-bond donors (Lipinski definition) is 3. The minimum absolute atomic E-state index is 0.161. The first-order valence-electron chi connectivity index (χ1n) is 6.45. The fraction of sp³-hybridized carbons (Fsp3) is 0.833. The largest absolute Gasteiger partial charge is 0.392 e. The Balaban J connectivity index is 2.13. The highest BCUT2D eigenvalue weighted by Crippen LogP contribution is 2.07. The lowest BCUT2D eigenvalue weighted by atomic mass is 10.1. The number of carbonyl (C=O) groups excluding carboxylic acids is 2. The molecule has 0 spiro atoms. The topological polar surface area (TPSA) is 81.7 Å². The number of aliphatic hydroxyl groups is 1. The number of β-amino-alcohol motifs (C(OH)–C–C–N with tert-alkyl or cyclic N) is 1. The molecular weight excluding hydrogens is 234 g/mol. The van der Waals surface area contributed by atoms with Crippen LogP contribution >= 0.6 is 0 Å². The van der Waals surface area contributed by atoms with Gasteiger partial charge in [-0.2, -0.15) is 0 Å². The Kier molecular flexibility index (Phi) is 6.07. The van der Waals surface area contributed by atoms with Gasteiger partial charge in [0.2, 0.25) is 5.91 Å². The van der Waals surface area contributed by atoms with Crippen molar-refractivity contribution in [3.63, 3.8) is 0 Å². The van der Waals surface area contributed by atoms with E-state index in [1.165, 1.54) is 0 Å². The highest BCUT2D eigenvalue weighted by Gasteiger charge is 2.22. The van der Waals surface area contributed by atoms with Crippen molar-refractivity contribution >= 4 is 11.9 Å². The summed E-state index contributed by atoms with van der Waals surface area (Å²) in [7, 11) is 0. The zero-order valence-corrected chi connectivity index (χ0v) is 11.1. The number of amides is 3. The Morgan fingerprint density at radius 3 is 2.72 bits per heavy atom. The molecular formula is C12H23N3O3. The number of rotatable bonds is 5. The molecule has 1 saturated heterocycles. The molecule has 1 atom stereocenters. The van der Waals surface area contributed by atoms with E-state index >= 15 is 0 Å². The van der Waals surface area contributed by atoms with Crippen molar-refractivity contribution in [2.75, 3.05) is 26.2 Å². The van der Waals surface area contributed by atoms with Crippen molar-refractivity contribution in [1.29, 1.82) is 0 Å². The van der Waals surface area contributed by atoms with Crippen LogP contribution in [0.2, 0.25) is 0 Å². The smallest absolute Gasteiger partial charge is 0.321 e. The lowest BCUT2D eigenvalue weighted by molar-refractivity contribution is -0.121. The van der Waals surface area contributed by atoms with E-state index in [9.17, 15) is 14.7 Å². The van der Waals surface area contributed by atoms with Gasteiger partial charge in [0.15, 0.2) is 0 Å². The highest BCUT2D eigenvalue weighted by atomic mass is 16.3. The minimum atomic E-state index is -0.444. The van der Waals surface area contributed by atoms with Gasteiger partial charge in [-0.1, -0.05) is 13.8 Å². The second kappa shape index (κ2) is 7.33. The van der Waals surface area contributed by atoms with Gasteiger partial charge in [0, 0.05) is 19.6 Å². The van der Waals surface area contributed by atoms with Crippen molar-refractivity contribution in [3.8, 4) is 0 Å². The summed E-state index contributed by atoms with van der Waals surface area (Å²) >= 11 is 0. The van der Waals surface area contributed by atoms with Gasteiger partial charge in [0.25, 0.3) is 0 Å². The lowest BCUT2D eigenvalue weighted by Gasteiger charge is -2.14.